The molecule has 1 N–H and O–H groups in total. The number of amides is 1. The molecular weight excluding hydrogens is 258 g/mol. The number of methoxy groups -OCH3 is 1. The van der Waals surface area contributed by atoms with Crippen LogP contribution in [0.1, 0.15) is 12.8 Å². The van der Waals surface area contributed by atoms with Crippen molar-refractivity contribution in [2.75, 3.05) is 12.4 Å². The van der Waals surface area contributed by atoms with Crippen LogP contribution in [0.3, 0.4) is 0 Å². The highest BCUT2D eigenvalue weighted by atomic mass is 79.9. The molecule has 1 saturated carbocycles. The van der Waals surface area contributed by atoms with Crippen LogP contribution in [0.4, 0.5) is 5.69 Å². The SMILES string of the molecule is COc1cc(NC(=O)C2CC2)ccc1Br. The Balaban J connectivity index is 2.10. The minimum atomic E-state index is 0.111. The molecule has 0 aromatic heterocycles. The smallest absolute Gasteiger partial charge is 0.227 e. The fraction of sp³-hybridized carbons (Fsp3) is 0.364. The summed E-state index contributed by atoms with van der Waals surface area (Å²) in [4.78, 5) is 11.5. The lowest BCUT2D eigenvalue weighted by Crippen LogP contribution is -2.13. The van der Waals surface area contributed by atoms with Crippen molar-refractivity contribution in [3.63, 3.8) is 0 Å². The molecule has 0 unspecified atom stereocenters. The Hall–Kier alpha value is -1.03. The molecule has 0 spiro atoms. The number of carbonyl (C=O) groups is 1. The Labute approximate surface area is 96.9 Å². The van der Waals surface area contributed by atoms with Crippen molar-refractivity contribution in [1.82, 2.24) is 0 Å². The van der Waals surface area contributed by atoms with Crippen LogP contribution in [0, 0.1) is 5.92 Å². The van der Waals surface area contributed by atoms with E-state index in [1.165, 1.54) is 0 Å². The molecule has 1 aromatic rings. The number of hydrogen-bond donors (Lipinski definition) is 1. The number of hydrogen-bond acceptors (Lipinski definition) is 2. The second kappa shape index (κ2) is 4.23. The molecule has 0 atom stereocenters. The predicted molar refractivity (Wildman–Crippen MR) is 62.0 cm³/mol. The van der Waals surface area contributed by atoms with Gasteiger partial charge in [0.2, 0.25) is 5.91 Å². The highest BCUT2D eigenvalue weighted by molar-refractivity contribution is 9.10. The summed E-state index contributed by atoms with van der Waals surface area (Å²) in [5.41, 5.74) is 0.784. The van der Waals surface area contributed by atoms with Crippen molar-refractivity contribution in [1.29, 1.82) is 0 Å². The Morgan fingerprint density at radius 2 is 2.27 bits per heavy atom. The average molecular weight is 270 g/mol. The Bertz CT molecular complexity index is 388. The lowest BCUT2D eigenvalue weighted by Gasteiger charge is -2.07. The van der Waals surface area contributed by atoms with Crippen LogP contribution < -0.4 is 10.1 Å². The van der Waals surface area contributed by atoms with Crippen LogP contribution in [-0.2, 0) is 4.79 Å². The number of benzene rings is 1. The van der Waals surface area contributed by atoms with E-state index in [2.05, 4.69) is 21.2 Å². The van der Waals surface area contributed by atoms with E-state index in [0.717, 1.165) is 28.8 Å². The summed E-state index contributed by atoms with van der Waals surface area (Å²) in [7, 11) is 1.60. The summed E-state index contributed by atoms with van der Waals surface area (Å²) in [6.07, 6.45) is 2.03. The van der Waals surface area contributed by atoms with Gasteiger partial charge in [-0.1, -0.05) is 0 Å². The minimum Gasteiger partial charge on any atom is -0.495 e. The first-order chi connectivity index (χ1) is 7.20. The molecule has 0 heterocycles. The van der Waals surface area contributed by atoms with E-state index in [0.29, 0.717) is 0 Å². The molecule has 0 aliphatic heterocycles. The van der Waals surface area contributed by atoms with Crippen LogP contribution in [0.15, 0.2) is 22.7 Å². The number of halogens is 1. The first-order valence-electron chi connectivity index (χ1n) is 4.85. The molecule has 1 aliphatic carbocycles. The van der Waals surface area contributed by atoms with E-state index in [1.807, 2.05) is 18.2 Å². The summed E-state index contributed by atoms with van der Waals surface area (Å²) in [5.74, 6) is 1.06. The van der Waals surface area contributed by atoms with E-state index in [1.54, 1.807) is 7.11 Å². The van der Waals surface area contributed by atoms with Gasteiger partial charge in [-0.2, -0.15) is 0 Å². The molecule has 1 fully saturated rings. The summed E-state index contributed by atoms with van der Waals surface area (Å²) in [6, 6.07) is 5.53. The monoisotopic (exact) mass is 269 g/mol. The molecule has 4 heteroatoms. The maximum absolute atomic E-state index is 11.5. The Morgan fingerprint density at radius 3 is 2.87 bits per heavy atom. The van der Waals surface area contributed by atoms with Crippen LogP contribution in [0.2, 0.25) is 0 Å². The molecule has 3 nitrogen and oxygen atoms in total. The van der Waals surface area contributed by atoms with Gasteiger partial charge in [-0.05, 0) is 40.9 Å². The Morgan fingerprint density at radius 1 is 1.53 bits per heavy atom. The van der Waals surface area contributed by atoms with Gasteiger partial charge in [0, 0.05) is 17.7 Å². The van der Waals surface area contributed by atoms with Crippen LogP contribution in [0.5, 0.6) is 5.75 Å². The van der Waals surface area contributed by atoms with E-state index in [4.69, 9.17) is 4.74 Å². The number of carbonyl (C=O) groups excluding carboxylic acids is 1. The first-order valence-corrected chi connectivity index (χ1v) is 5.64. The van der Waals surface area contributed by atoms with Crippen molar-refractivity contribution >= 4 is 27.5 Å². The number of nitrogens with one attached hydrogen (secondary N) is 1. The second-order valence-corrected chi connectivity index (χ2v) is 4.47. The van der Waals surface area contributed by atoms with Crippen LogP contribution in [-0.4, -0.2) is 13.0 Å². The van der Waals surface area contributed by atoms with Gasteiger partial charge in [0.15, 0.2) is 0 Å². The lowest BCUT2D eigenvalue weighted by molar-refractivity contribution is -0.117. The van der Waals surface area contributed by atoms with E-state index in [9.17, 15) is 4.79 Å². The Kier molecular flexibility index (Phi) is 2.95. The highest BCUT2D eigenvalue weighted by Gasteiger charge is 2.29. The standard InChI is InChI=1S/C11H12BrNO2/c1-15-10-6-8(4-5-9(10)12)13-11(14)7-2-3-7/h4-7H,2-3H2,1H3,(H,13,14). The van der Waals surface area contributed by atoms with Gasteiger partial charge in [0.25, 0.3) is 0 Å². The summed E-state index contributed by atoms with van der Waals surface area (Å²) in [5, 5.41) is 2.87. The third-order valence-electron chi connectivity index (χ3n) is 2.37. The lowest BCUT2D eigenvalue weighted by atomic mass is 10.3. The largest absolute Gasteiger partial charge is 0.495 e. The predicted octanol–water partition coefficient (Wildman–Crippen LogP) is 2.81. The first kappa shape index (κ1) is 10.5. The number of anilines is 1. The van der Waals surface area contributed by atoms with Gasteiger partial charge in [-0.25, -0.2) is 0 Å². The molecule has 1 amide bonds. The maximum Gasteiger partial charge on any atom is 0.227 e. The van der Waals surface area contributed by atoms with Gasteiger partial charge in [0.05, 0.1) is 11.6 Å². The van der Waals surface area contributed by atoms with Gasteiger partial charge >= 0.3 is 0 Å². The van der Waals surface area contributed by atoms with Crippen molar-refractivity contribution < 1.29 is 9.53 Å². The summed E-state index contributed by atoms with van der Waals surface area (Å²) >= 11 is 3.36. The molecule has 80 valence electrons. The van der Waals surface area contributed by atoms with Crippen LogP contribution >= 0.6 is 15.9 Å². The fourth-order valence-electron chi connectivity index (χ4n) is 1.33. The van der Waals surface area contributed by atoms with Crippen molar-refractivity contribution in [3.8, 4) is 5.75 Å². The van der Waals surface area contributed by atoms with Crippen molar-refractivity contribution in [3.05, 3.63) is 22.7 Å². The molecule has 1 aromatic carbocycles. The zero-order valence-electron chi connectivity index (χ0n) is 8.42. The van der Waals surface area contributed by atoms with Gasteiger partial charge in [-0.3, -0.25) is 4.79 Å². The van der Waals surface area contributed by atoms with E-state index in [-0.39, 0.29) is 11.8 Å². The van der Waals surface area contributed by atoms with Gasteiger partial charge in [0.1, 0.15) is 5.75 Å². The molecule has 0 bridgehead atoms. The minimum absolute atomic E-state index is 0.111. The third kappa shape index (κ3) is 2.50. The maximum atomic E-state index is 11.5. The normalized spacial score (nSPS) is 14.8. The van der Waals surface area contributed by atoms with E-state index >= 15 is 0 Å². The van der Waals surface area contributed by atoms with E-state index < -0.39 is 0 Å². The molecular formula is C11H12BrNO2. The van der Waals surface area contributed by atoms with Gasteiger partial charge < -0.3 is 10.1 Å². The van der Waals surface area contributed by atoms with Crippen molar-refractivity contribution in [2.24, 2.45) is 5.92 Å². The van der Waals surface area contributed by atoms with Crippen LogP contribution in [0.25, 0.3) is 0 Å². The van der Waals surface area contributed by atoms with Crippen molar-refractivity contribution in [2.45, 2.75) is 12.8 Å². The molecule has 0 radical (unpaired) electrons. The average Bonchev–Trinajstić information content (AvgIpc) is 3.04. The third-order valence-corrected chi connectivity index (χ3v) is 3.02. The summed E-state index contributed by atoms with van der Waals surface area (Å²) < 4.78 is 6.03. The number of ether oxygens (including phenoxy) is 1. The molecule has 2 rings (SSSR count). The fourth-order valence-corrected chi connectivity index (χ4v) is 1.74. The van der Waals surface area contributed by atoms with Gasteiger partial charge in [-0.15, -0.1) is 0 Å². The topological polar surface area (TPSA) is 38.3 Å². The molecule has 0 saturated heterocycles. The number of rotatable bonds is 3. The zero-order chi connectivity index (χ0) is 10.8. The highest BCUT2D eigenvalue weighted by Crippen LogP contribution is 2.32. The molecule has 1 aliphatic rings. The summed E-state index contributed by atoms with van der Waals surface area (Å²) in [6.45, 7) is 0. The quantitative estimate of drug-likeness (QED) is 0.917. The molecule has 15 heavy (non-hydrogen) atoms. The second-order valence-electron chi connectivity index (χ2n) is 3.61. The zero-order valence-corrected chi connectivity index (χ0v) is 10.0.